The molecule has 0 atom stereocenters. The number of aryl methyl sites for hydroxylation is 12. The molecule has 0 spiro atoms. The van der Waals surface area contributed by atoms with Crippen LogP contribution in [0.1, 0.15) is 167 Å². The number of hydrogen-bond acceptors (Lipinski definition) is 0. The average molecular weight is 1840 g/mol. The average Bonchev–Trinajstić information content (AvgIpc) is 1.41. The van der Waals surface area contributed by atoms with Crippen LogP contribution in [-0.4, -0.2) is 0 Å². The van der Waals surface area contributed by atoms with E-state index in [0.29, 0.717) is 0 Å². The SMILES string of the molecule is Cc1c(C)c(C)c2c(-c3cccc4c3-c3ccccc3C4)c3c(C)c(C)c(C)c(C)c3c(-c3cc(-c4ccccc4)c4ccccc4c3)c2c1C.Cc1c(C)c(C)c2c(-c3cccc4c3-c3ccccc3C4)c3c(C)c(C)c(C)c(C)c3c(-c3ccc(-c4ccccc4)cc3)c2c1C.Cc1c(C)c(C)c2c(-c3cccc4ccccc34)c3c(C)c(C)c(C)c(C)c3c(-c3cccc4c3-c3ccccc3C4)c2c1C. The summed E-state index contributed by atoms with van der Waals surface area (Å²) < 4.78 is 0. The van der Waals surface area contributed by atoms with E-state index in [1.165, 1.54) is 375 Å². The van der Waals surface area contributed by atoms with Crippen molar-refractivity contribution in [3.63, 3.8) is 0 Å². The van der Waals surface area contributed by atoms with Gasteiger partial charge in [0.05, 0.1) is 0 Å². The van der Waals surface area contributed by atoms with Gasteiger partial charge in [0.15, 0.2) is 0 Å². The molecule has 143 heavy (non-hydrogen) atoms. The lowest BCUT2D eigenvalue weighted by molar-refractivity contribution is 1.24. The molecule has 22 aromatic rings. The van der Waals surface area contributed by atoms with Crippen molar-refractivity contribution in [1.29, 1.82) is 0 Å². The van der Waals surface area contributed by atoms with Crippen LogP contribution < -0.4 is 0 Å². The fraction of sp³-hybridized carbons (Fsp3) is 0.189. The quantitative estimate of drug-likeness (QED) is 0.133. The van der Waals surface area contributed by atoms with Crippen molar-refractivity contribution >= 4 is 86.2 Å². The Morgan fingerprint density at radius 3 is 0.671 bits per heavy atom. The number of benzene rings is 22. The van der Waals surface area contributed by atoms with E-state index in [2.05, 4.69) is 457 Å². The fourth-order valence-electron chi connectivity index (χ4n) is 26.4. The Balaban J connectivity index is 0.000000119. The summed E-state index contributed by atoms with van der Waals surface area (Å²) in [6, 6.07) is 109. The summed E-state index contributed by atoms with van der Waals surface area (Å²) in [6.07, 6.45) is 2.97. The molecule has 0 aromatic heterocycles. The van der Waals surface area contributed by atoms with Crippen LogP contribution in [0.2, 0.25) is 0 Å². The second-order valence-corrected chi connectivity index (χ2v) is 42.4. The van der Waals surface area contributed by atoms with Gasteiger partial charge in [0.1, 0.15) is 0 Å². The van der Waals surface area contributed by atoms with Gasteiger partial charge in [0.2, 0.25) is 0 Å². The minimum Gasteiger partial charge on any atom is -0.0622 e. The molecule has 0 saturated heterocycles. The predicted molar refractivity (Wildman–Crippen MR) is 621 cm³/mol. The number of fused-ring (bicyclic) bond motifs is 17. The zero-order chi connectivity index (χ0) is 99.3. The molecule has 698 valence electrons. The summed E-state index contributed by atoms with van der Waals surface area (Å²) in [5.41, 5.74) is 71.7. The lowest BCUT2D eigenvalue weighted by atomic mass is 9.75. The highest BCUT2D eigenvalue weighted by atomic mass is 14.4. The Morgan fingerprint density at radius 1 is 0.119 bits per heavy atom. The Hall–Kier alpha value is -15.1. The molecule has 22 aromatic carbocycles. The molecule has 0 heterocycles. The van der Waals surface area contributed by atoms with E-state index < -0.39 is 0 Å². The van der Waals surface area contributed by atoms with Crippen molar-refractivity contribution in [2.45, 2.75) is 185 Å². The topological polar surface area (TPSA) is 0 Å². The molecule has 0 nitrogen and oxygen atoms in total. The fourth-order valence-corrected chi connectivity index (χ4v) is 26.4. The summed E-state index contributed by atoms with van der Waals surface area (Å²) in [4.78, 5) is 0. The van der Waals surface area contributed by atoms with E-state index in [9.17, 15) is 0 Å². The van der Waals surface area contributed by atoms with E-state index in [-0.39, 0.29) is 0 Å². The molecule has 0 N–H and O–H groups in total. The first-order chi connectivity index (χ1) is 69.1. The minimum atomic E-state index is 0.985. The largest absolute Gasteiger partial charge is 0.0622 e. The summed E-state index contributed by atoms with van der Waals surface area (Å²) in [5, 5.41) is 22.0. The highest BCUT2D eigenvalue weighted by Gasteiger charge is 2.36. The van der Waals surface area contributed by atoms with Gasteiger partial charge >= 0.3 is 0 Å². The summed E-state index contributed by atoms with van der Waals surface area (Å²) in [6.45, 7) is 56.3. The van der Waals surface area contributed by atoms with Crippen LogP contribution in [0.4, 0.5) is 0 Å². The zero-order valence-electron chi connectivity index (χ0n) is 87.8. The van der Waals surface area contributed by atoms with Crippen LogP contribution in [0.3, 0.4) is 0 Å². The molecule has 0 aliphatic heterocycles. The molecule has 3 aliphatic rings. The third-order valence-electron chi connectivity index (χ3n) is 36.0. The van der Waals surface area contributed by atoms with Crippen molar-refractivity contribution in [1.82, 2.24) is 0 Å². The van der Waals surface area contributed by atoms with Crippen LogP contribution in [0, 0.1) is 166 Å². The molecular formula is C143H126. The number of hydrogen-bond donors (Lipinski definition) is 0. The Labute approximate surface area is 845 Å². The van der Waals surface area contributed by atoms with Crippen molar-refractivity contribution in [2.24, 2.45) is 0 Å². The van der Waals surface area contributed by atoms with E-state index in [1.807, 2.05) is 0 Å². The minimum absolute atomic E-state index is 0.985. The van der Waals surface area contributed by atoms with Gasteiger partial charge in [-0.15, -0.1) is 0 Å². The van der Waals surface area contributed by atoms with Gasteiger partial charge in [0, 0.05) is 0 Å². The highest BCUT2D eigenvalue weighted by molar-refractivity contribution is 6.31. The molecule has 0 saturated carbocycles. The van der Waals surface area contributed by atoms with Gasteiger partial charge in [-0.1, -0.05) is 279 Å². The van der Waals surface area contributed by atoms with Crippen LogP contribution in [0.15, 0.2) is 291 Å². The Morgan fingerprint density at radius 2 is 0.336 bits per heavy atom. The van der Waals surface area contributed by atoms with Crippen LogP contribution in [0.25, 0.3) is 209 Å². The summed E-state index contributed by atoms with van der Waals surface area (Å²) >= 11 is 0. The maximum Gasteiger partial charge on any atom is -0.00132 e. The van der Waals surface area contributed by atoms with Crippen molar-refractivity contribution in [2.75, 3.05) is 0 Å². The zero-order valence-corrected chi connectivity index (χ0v) is 87.8. The lowest BCUT2D eigenvalue weighted by Gasteiger charge is -2.28. The monoisotopic (exact) mass is 1840 g/mol. The maximum atomic E-state index is 2.48. The summed E-state index contributed by atoms with van der Waals surface area (Å²) in [7, 11) is 0. The van der Waals surface area contributed by atoms with Crippen LogP contribution in [0.5, 0.6) is 0 Å². The van der Waals surface area contributed by atoms with Crippen LogP contribution >= 0.6 is 0 Å². The first-order valence-corrected chi connectivity index (χ1v) is 51.8. The van der Waals surface area contributed by atoms with Gasteiger partial charge in [-0.3, -0.25) is 0 Å². The molecule has 0 amide bonds. The van der Waals surface area contributed by atoms with Crippen molar-refractivity contribution < 1.29 is 0 Å². The molecule has 3 aliphatic carbocycles. The van der Waals surface area contributed by atoms with Gasteiger partial charge in [0.25, 0.3) is 0 Å². The highest BCUT2D eigenvalue weighted by Crippen LogP contribution is 2.60. The van der Waals surface area contributed by atoms with Crippen LogP contribution in [-0.2, 0) is 19.3 Å². The lowest BCUT2D eigenvalue weighted by Crippen LogP contribution is -2.04. The van der Waals surface area contributed by atoms with Gasteiger partial charge < -0.3 is 0 Å². The standard InChI is InChI=1S/C51H44.C47H42.C45H40/c1-28-30(3)34(7)47-45(32(28)5)50(40-26-37-19-12-14-22-41(37)44(27-40)36-17-10-9-11-18-36)46-33(6)29(2)31(4)35(8)48(46)51(47)43-24-16-21-39-25-38-20-13-15-23-42(38)49(39)43;1-26-28(3)32(7)43-41(30(26)5)46(36-23-21-35(22-24-36)34-15-10-9-11-16-34)42-31(6)27(2)29(4)33(8)44(42)47(43)40-20-14-18-38-25-37-17-12-13-19-39(37)45(38)40;1-24-26(3)30(7)41-39(28(24)5)44(37-21-13-17-32-15-9-11-19-35(32)37)40-29(6)25(2)27(4)31(8)42(40)45(41)38-22-14-18-34-23-33-16-10-12-20-36(33)43(34)38/h9-24,26-27H,25H2,1-8H3;9-24H,25H2,1-8H3;9-22H,23H2,1-8H3. The maximum absolute atomic E-state index is 2.48. The summed E-state index contributed by atoms with van der Waals surface area (Å²) in [5.74, 6) is 0. The molecule has 0 fully saturated rings. The molecule has 25 rings (SSSR count). The smallest absolute Gasteiger partial charge is 0.00132 e. The second-order valence-electron chi connectivity index (χ2n) is 42.4. The first-order valence-electron chi connectivity index (χ1n) is 51.8. The Kier molecular flexibility index (Phi) is 22.4. The van der Waals surface area contributed by atoms with Gasteiger partial charge in [-0.25, -0.2) is 0 Å². The second kappa shape index (κ2) is 35.0. The predicted octanol–water partition coefficient (Wildman–Crippen LogP) is 39.7. The van der Waals surface area contributed by atoms with E-state index in [0.717, 1.165) is 19.3 Å². The Bertz CT molecular complexity index is 9060. The molecule has 0 bridgehead atoms. The molecule has 0 radical (unpaired) electrons. The third-order valence-corrected chi connectivity index (χ3v) is 36.0. The number of rotatable bonds is 8. The first kappa shape index (κ1) is 91.7. The van der Waals surface area contributed by atoms with E-state index >= 15 is 0 Å². The van der Waals surface area contributed by atoms with Gasteiger partial charge in [-0.2, -0.15) is 0 Å². The van der Waals surface area contributed by atoms with E-state index in [4.69, 9.17) is 0 Å². The van der Waals surface area contributed by atoms with E-state index in [1.54, 1.807) is 0 Å². The van der Waals surface area contributed by atoms with Crippen molar-refractivity contribution in [3.05, 3.63) is 458 Å². The molecule has 0 unspecified atom stereocenters. The third kappa shape index (κ3) is 13.9. The normalized spacial score (nSPS) is 12.3. The molecule has 0 heteroatoms. The van der Waals surface area contributed by atoms with Gasteiger partial charge in [-0.05, 0) is 573 Å². The van der Waals surface area contributed by atoms with Crippen molar-refractivity contribution in [3.8, 4) is 122 Å². The molecular weight excluding hydrogens is 1720 g/mol.